The highest BCUT2D eigenvalue weighted by molar-refractivity contribution is 5.81. The van der Waals surface area contributed by atoms with Gasteiger partial charge in [0.1, 0.15) is 0 Å². The fraction of sp³-hybridized carbons (Fsp3) is 0.909. The molecule has 0 radical (unpaired) electrons. The number of rotatable bonds is 4. The van der Waals surface area contributed by atoms with Crippen LogP contribution in [0.2, 0.25) is 0 Å². The summed E-state index contributed by atoms with van der Waals surface area (Å²) in [6.45, 7) is 6.40. The maximum atomic E-state index is 11.6. The van der Waals surface area contributed by atoms with Crippen LogP contribution < -0.4 is 11.3 Å². The van der Waals surface area contributed by atoms with Gasteiger partial charge in [-0.3, -0.25) is 15.1 Å². The van der Waals surface area contributed by atoms with E-state index in [2.05, 4.69) is 24.2 Å². The molecule has 0 bridgehead atoms. The number of nitrogens with zero attached hydrogens (tertiary/aromatic N) is 1. The summed E-state index contributed by atoms with van der Waals surface area (Å²) < 4.78 is 0. The first kappa shape index (κ1) is 12.5. The van der Waals surface area contributed by atoms with E-state index in [0.29, 0.717) is 5.92 Å². The van der Waals surface area contributed by atoms with E-state index in [1.54, 1.807) is 0 Å². The summed E-state index contributed by atoms with van der Waals surface area (Å²) in [6, 6.07) is -0.0252. The van der Waals surface area contributed by atoms with E-state index >= 15 is 0 Å². The lowest BCUT2D eigenvalue weighted by Gasteiger charge is -2.36. The van der Waals surface area contributed by atoms with E-state index in [1.807, 2.05) is 0 Å². The van der Waals surface area contributed by atoms with Crippen molar-refractivity contribution in [3.05, 3.63) is 0 Å². The number of carbonyl (C=O) groups is 1. The van der Waals surface area contributed by atoms with Crippen molar-refractivity contribution in [2.24, 2.45) is 11.8 Å². The minimum Gasteiger partial charge on any atom is -0.293 e. The zero-order valence-corrected chi connectivity index (χ0v) is 9.83. The molecule has 1 amide bonds. The lowest BCUT2D eigenvalue weighted by atomic mass is 9.97. The van der Waals surface area contributed by atoms with Crippen molar-refractivity contribution in [3.8, 4) is 0 Å². The molecule has 0 aromatic carbocycles. The maximum absolute atomic E-state index is 11.6. The predicted octanol–water partition coefficient (Wildman–Crippen LogP) is 0.877. The summed E-state index contributed by atoms with van der Waals surface area (Å²) in [6.07, 6.45) is 4.39. The summed E-state index contributed by atoms with van der Waals surface area (Å²) in [5.74, 6) is 5.88. The fourth-order valence-electron chi connectivity index (χ4n) is 2.36. The van der Waals surface area contributed by atoms with E-state index < -0.39 is 0 Å². The first-order chi connectivity index (χ1) is 7.19. The van der Waals surface area contributed by atoms with Gasteiger partial charge in [-0.05, 0) is 31.7 Å². The Hall–Kier alpha value is -0.610. The highest BCUT2D eigenvalue weighted by Gasteiger charge is 2.27. The molecule has 0 unspecified atom stereocenters. The molecule has 4 nitrogen and oxygen atoms in total. The number of hydrazine groups is 1. The van der Waals surface area contributed by atoms with E-state index in [9.17, 15) is 4.79 Å². The third-order valence-corrected chi connectivity index (χ3v) is 3.14. The Morgan fingerprint density at radius 1 is 1.67 bits per heavy atom. The Morgan fingerprint density at radius 2 is 2.40 bits per heavy atom. The van der Waals surface area contributed by atoms with Crippen LogP contribution in [0.1, 0.15) is 39.5 Å². The fourth-order valence-corrected chi connectivity index (χ4v) is 2.36. The van der Waals surface area contributed by atoms with Crippen LogP contribution >= 0.6 is 0 Å². The van der Waals surface area contributed by atoms with Gasteiger partial charge in [0.2, 0.25) is 0 Å². The standard InChI is InChI=1S/C11H23N3O/c1-3-5-10(11(15)13-12)14-7-4-6-9(2)8-14/h9-10H,3-8,12H2,1-2H3,(H,13,15)/t9-,10-/m1/s1. The van der Waals surface area contributed by atoms with Crippen molar-refractivity contribution in [1.82, 2.24) is 10.3 Å². The second-order valence-corrected chi connectivity index (χ2v) is 4.56. The Morgan fingerprint density at radius 3 is 2.93 bits per heavy atom. The van der Waals surface area contributed by atoms with Crippen LogP contribution in [0.4, 0.5) is 0 Å². The number of nitrogens with one attached hydrogen (secondary N) is 1. The monoisotopic (exact) mass is 213 g/mol. The molecule has 4 heteroatoms. The van der Waals surface area contributed by atoms with Gasteiger partial charge >= 0.3 is 0 Å². The van der Waals surface area contributed by atoms with E-state index in [4.69, 9.17) is 5.84 Å². The summed E-state index contributed by atoms with van der Waals surface area (Å²) in [5, 5.41) is 0. The van der Waals surface area contributed by atoms with Crippen molar-refractivity contribution in [2.75, 3.05) is 13.1 Å². The van der Waals surface area contributed by atoms with Crippen molar-refractivity contribution in [1.29, 1.82) is 0 Å². The van der Waals surface area contributed by atoms with Crippen LogP contribution in [0.15, 0.2) is 0 Å². The quantitative estimate of drug-likeness (QED) is 0.414. The van der Waals surface area contributed by atoms with Gasteiger partial charge in [0, 0.05) is 6.54 Å². The topological polar surface area (TPSA) is 58.4 Å². The van der Waals surface area contributed by atoms with Crippen LogP contribution in [0.5, 0.6) is 0 Å². The number of piperidine rings is 1. The molecular weight excluding hydrogens is 190 g/mol. The molecule has 88 valence electrons. The van der Waals surface area contributed by atoms with Gasteiger partial charge in [-0.1, -0.05) is 20.3 Å². The number of hydrogen-bond acceptors (Lipinski definition) is 3. The average molecular weight is 213 g/mol. The summed E-state index contributed by atoms with van der Waals surface area (Å²) >= 11 is 0. The highest BCUT2D eigenvalue weighted by atomic mass is 16.2. The molecule has 1 fully saturated rings. The van der Waals surface area contributed by atoms with Gasteiger partial charge < -0.3 is 0 Å². The second-order valence-electron chi connectivity index (χ2n) is 4.56. The second kappa shape index (κ2) is 6.08. The van der Waals surface area contributed by atoms with Gasteiger partial charge in [0.15, 0.2) is 0 Å². The van der Waals surface area contributed by atoms with Crippen LogP contribution in [0.3, 0.4) is 0 Å². The molecule has 1 saturated heterocycles. The normalized spacial score (nSPS) is 24.9. The van der Waals surface area contributed by atoms with Crippen LogP contribution in [-0.4, -0.2) is 29.9 Å². The van der Waals surface area contributed by atoms with Crippen molar-refractivity contribution < 1.29 is 4.79 Å². The lowest BCUT2D eigenvalue weighted by molar-refractivity contribution is -0.127. The van der Waals surface area contributed by atoms with Crippen LogP contribution in [0, 0.1) is 5.92 Å². The average Bonchev–Trinajstić information content (AvgIpc) is 2.25. The first-order valence-corrected chi connectivity index (χ1v) is 5.93. The Balaban J connectivity index is 2.57. The molecule has 0 saturated carbocycles. The molecule has 1 aliphatic rings. The molecule has 1 rings (SSSR count). The molecule has 3 N–H and O–H groups in total. The largest absolute Gasteiger partial charge is 0.293 e. The highest BCUT2D eigenvalue weighted by Crippen LogP contribution is 2.19. The molecule has 1 aliphatic heterocycles. The molecule has 2 atom stereocenters. The third-order valence-electron chi connectivity index (χ3n) is 3.14. The number of nitrogens with two attached hydrogens (primary N) is 1. The van der Waals surface area contributed by atoms with Crippen LogP contribution in [0.25, 0.3) is 0 Å². The molecule has 0 spiro atoms. The molecule has 0 aromatic heterocycles. The Kier molecular flexibility index (Phi) is 5.05. The summed E-state index contributed by atoms with van der Waals surface area (Å²) in [7, 11) is 0. The molecular formula is C11H23N3O. The Bertz CT molecular complexity index is 208. The number of likely N-dealkylation sites (tertiary alicyclic amines) is 1. The van der Waals surface area contributed by atoms with E-state index in [-0.39, 0.29) is 11.9 Å². The van der Waals surface area contributed by atoms with Crippen LogP contribution in [-0.2, 0) is 4.79 Å². The van der Waals surface area contributed by atoms with Gasteiger partial charge in [0.05, 0.1) is 6.04 Å². The lowest BCUT2D eigenvalue weighted by Crippen LogP contribution is -2.51. The molecule has 15 heavy (non-hydrogen) atoms. The zero-order chi connectivity index (χ0) is 11.3. The molecule has 1 heterocycles. The summed E-state index contributed by atoms with van der Waals surface area (Å²) in [4.78, 5) is 13.9. The Labute approximate surface area is 92.2 Å². The SMILES string of the molecule is CCC[C@H](C(=O)NN)N1CCC[C@@H](C)C1. The molecule has 0 aromatic rings. The van der Waals surface area contributed by atoms with Gasteiger partial charge in [-0.2, -0.15) is 0 Å². The van der Waals surface area contributed by atoms with Crippen molar-refractivity contribution >= 4 is 5.91 Å². The van der Waals surface area contributed by atoms with Gasteiger partial charge in [-0.25, -0.2) is 5.84 Å². The minimum absolute atomic E-state index is 0.0252. The first-order valence-electron chi connectivity index (χ1n) is 5.93. The maximum Gasteiger partial charge on any atom is 0.251 e. The number of hydrogen-bond donors (Lipinski definition) is 2. The number of carbonyl (C=O) groups excluding carboxylic acids is 1. The zero-order valence-electron chi connectivity index (χ0n) is 9.83. The smallest absolute Gasteiger partial charge is 0.251 e. The van der Waals surface area contributed by atoms with Gasteiger partial charge in [0.25, 0.3) is 5.91 Å². The molecule has 0 aliphatic carbocycles. The van der Waals surface area contributed by atoms with E-state index in [0.717, 1.165) is 25.9 Å². The van der Waals surface area contributed by atoms with Crippen molar-refractivity contribution in [2.45, 2.75) is 45.6 Å². The summed E-state index contributed by atoms with van der Waals surface area (Å²) in [5.41, 5.74) is 2.28. The van der Waals surface area contributed by atoms with Crippen molar-refractivity contribution in [3.63, 3.8) is 0 Å². The minimum atomic E-state index is -0.0362. The number of amides is 1. The third kappa shape index (κ3) is 3.47. The predicted molar refractivity (Wildman–Crippen MR) is 61.0 cm³/mol. The van der Waals surface area contributed by atoms with E-state index in [1.165, 1.54) is 12.8 Å². The van der Waals surface area contributed by atoms with Gasteiger partial charge in [-0.15, -0.1) is 0 Å².